The van der Waals surface area contributed by atoms with Gasteiger partial charge >= 0.3 is 0 Å². The van der Waals surface area contributed by atoms with Gasteiger partial charge in [0, 0.05) is 12.4 Å². The van der Waals surface area contributed by atoms with Crippen LogP contribution in [0.5, 0.6) is 0 Å². The quantitative estimate of drug-likeness (QED) is 0.610. The first kappa shape index (κ1) is 10.9. The molecule has 3 rings (SSSR count). The summed E-state index contributed by atoms with van der Waals surface area (Å²) in [6.45, 7) is 0. The molecule has 0 spiro atoms. The number of rotatable bonds is 3. The van der Waals surface area contributed by atoms with E-state index in [1.165, 1.54) is 0 Å². The van der Waals surface area contributed by atoms with Crippen molar-refractivity contribution in [3.8, 4) is 5.69 Å². The lowest BCUT2D eigenvalue weighted by Crippen LogP contribution is -2.31. The van der Waals surface area contributed by atoms with Crippen LogP contribution in [-0.4, -0.2) is 15.9 Å². The van der Waals surface area contributed by atoms with Crippen LogP contribution in [0.2, 0.25) is 0 Å². The Morgan fingerprint density at radius 2 is 2.22 bits per heavy atom. The minimum absolute atomic E-state index is 0.342. The lowest BCUT2D eigenvalue weighted by atomic mass is 9.72. The van der Waals surface area contributed by atoms with E-state index in [4.69, 9.17) is 0 Å². The van der Waals surface area contributed by atoms with Crippen LogP contribution < -0.4 is 0 Å². The van der Waals surface area contributed by atoms with Gasteiger partial charge in [-0.2, -0.15) is 10.1 Å². The minimum atomic E-state index is -0.342. The highest BCUT2D eigenvalue weighted by Gasteiger charge is 2.38. The molecule has 1 aromatic carbocycles. The maximum atomic E-state index is 10.6. The molecule has 0 unspecified atom stereocenters. The summed E-state index contributed by atoms with van der Waals surface area (Å²) in [4.78, 5) is 14.6. The second-order valence-corrected chi connectivity index (χ2v) is 4.59. The summed E-state index contributed by atoms with van der Waals surface area (Å²) in [6.07, 6.45) is 8.31. The fourth-order valence-corrected chi connectivity index (χ4v) is 2.42. The Morgan fingerprint density at radius 3 is 2.83 bits per heavy atom. The third kappa shape index (κ3) is 1.67. The summed E-state index contributed by atoms with van der Waals surface area (Å²) < 4.78 is 1.81. The van der Waals surface area contributed by atoms with Crippen molar-refractivity contribution in [2.75, 3.05) is 0 Å². The minimum Gasteiger partial charge on any atom is -0.241 e. The number of aliphatic imine (C=N–C) groups is 1. The largest absolute Gasteiger partial charge is 0.241 e. The van der Waals surface area contributed by atoms with E-state index in [2.05, 4.69) is 10.1 Å². The van der Waals surface area contributed by atoms with Gasteiger partial charge in [0.05, 0.1) is 11.2 Å². The maximum absolute atomic E-state index is 10.6. The number of aromatic nitrogens is 2. The first-order valence-corrected chi connectivity index (χ1v) is 6.04. The van der Waals surface area contributed by atoms with Gasteiger partial charge in [-0.15, -0.1) is 0 Å². The number of carbonyl (C=O) groups excluding carboxylic acids is 1. The van der Waals surface area contributed by atoms with E-state index in [0.29, 0.717) is 0 Å². The van der Waals surface area contributed by atoms with Gasteiger partial charge in [-0.3, -0.25) is 0 Å². The van der Waals surface area contributed by atoms with Gasteiger partial charge < -0.3 is 0 Å². The molecule has 0 saturated heterocycles. The molecule has 2 aromatic rings. The number of isocyanates is 1. The molecule has 0 aliphatic heterocycles. The van der Waals surface area contributed by atoms with Gasteiger partial charge in [-0.05, 0) is 43.0 Å². The van der Waals surface area contributed by atoms with E-state index in [1.807, 2.05) is 36.5 Å². The molecule has 0 bridgehead atoms. The average molecular weight is 239 g/mol. The first-order chi connectivity index (χ1) is 8.84. The highest BCUT2D eigenvalue weighted by atomic mass is 16.1. The highest BCUT2D eigenvalue weighted by molar-refractivity contribution is 5.43. The van der Waals surface area contributed by atoms with Crippen LogP contribution in [0.3, 0.4) is 0 Å². The molecule has 1 saturated carbocycles. The molecule has 1 aromatic heterocycles. The van der Waals surface area contributed by atoms with Crippen LogP contribution in [-0.2, 0) is 10.3 Å². The maximum Gasteiger partial charge on any atom is 0.235 e. The summed E-state index contributed by atoms with van der Waals surface area (Å²) >= 11 is 0. The van der Waals surface area contributed by atoms with Gasteiger partial charge in [0.25, 0.3) is 0 Å². The molecule has 0 amide bonds. The molecule has 0 radical (unpaired) electrons. The summed E-state index contributed by atoms with van der Waals surface area (Å²) in [7, 11) is 0. The van der Waals surface area contributed by atoms with Crippen molar-refractivity contribution in [2.45, 2.75) is 24.8 Å². The summed E-state index contributed by atoms with van der Waals surface area (Å²) in [5.74, 6) is 0. The standard InChI is InChI=1S/C14H13N3O/c18-11-15-14(6-2-7-14)12-4-1-5-13(10-12)17-9-3-8-16-17/h1,3-5,8-10H,2,6-7H2. The van der Waals surface area contributed by atoms with Crippen LogP contribution in [0.25, 0.3) is 5.69 Å². The molecule has 1 aliphatic carbocycles. The SMILES string of the molecule is O=C=NC1(c2cccc(-n3cccn3)c2)CCC1. The molecule has 4 nitrogen and oxygen atoms in total. The van der Waals surface area contributed by atoms with Crippen molar-refractivity contribution in [1.82, 2.24) is 9.78 Å². The smallest absolute Gasteiger partial charge is 0.235 e. The molecular formula is C14H13N3O. The van der Waals surface area contributed by atoms with E-state index >= 15 is 0 Å². The Bertz CT molecular complexity index is 593. The van der Waals surface area contributed by atoms with E-state index in [1.54, 1.807) is 17.0 Å². The molecule has 0 N–H and O–H groups in total. The molecule has 1 aliphatic rings. The van der Waals surface area contributed by atoms with Crippen molar-refractivity contribution in [3.63, 3.8) is 0 Å². The van der Waals surface area contributed by atoms with E-state index in [9.17, 15) is 4.79 Å². The Labute approximate surface area is 105 Å². The van der Waals surface area contributed by atoms with Crippen molar-refractivity contribution < 1.29 is 4.79 Å². The monoisotopic (exact) mass is 239 g/mol. The van der Waals surface area contributed by atoms with Gasteiger partial charge in [-0.1, -0.05) is 12.1 Å². The molecular weight excluding hydrogens is 226 g/mol. The lowest BCUT2D eigenvalue weighted by Gasteiger charge is -2.37. The molecule has 1 heterocycles. The zero-order valence-corrected chi connectivity index (χ0v) is 9.91. The summed E-state index contributed by atoms with van der Waals surface area (Å²) in [5.41, 5.74) is 1.72. The van der Waals surface area contributed by atoms with Crippen LogP contribution in [0.4, 0.5) is 0 Å². The Morgan fingerprint density at radius 1 is 1.33 bits per heavy atom. The number of hydrogen-bond acceptors (Lipinski definition) is 3. The van der Waals surface area contributed by atoms with Gasteiger partial charge in [0.2, 0.25) is 6.08 Å². The van der Waals surface area contributed by atoms with E-state index in [0.717, 1.165) is 30.5 Å². The lowest BCUT2D eigenvalue weighted by molar-refractivity contribution is 0.256. The Kier molecular flexibility index (Phi) is 2.58. The van der Waals surface area contributed by atoms with Crippen molar-refractivity contribution >= 4 is 6.08 Å². The normalized spacial score (nSPS) is 16.7. The summed E-state index contributed by atoms with van der Waals surface area (Å²) in [6, 6.07) is 9.93. The molecule has 0 atom stereocenters. The van der Waals surface area contributed by atoms with Crippen molar-refractivity contribution in [2.24, 2.45) is 4.99 Å². The van der Waals surface area contributed by atoms with E-state index < -0.39 is 0 Å². The van der Waals surface area contributed by atoms with Crippen LogP contribution in [0.1, 0.15) is 24.8 Å². The fraction of sp³-hybridized carbons (Fsp3) is 0.286. The van der Waals surface area contributed by atoms with Gasteiger partial charge in [0.1, 0.15) is 0 Å². The third-order valence-corrected chi connectivity index (χ3v) is 3.59. The van der Waals surface area contributed by atoms with E-state index in [-0.39, 0.29) is 5.54 Å². The van der Waals surface area contributed by atoms with Crippen molar-refractivity contribution in [3.05, 3.63) is 48.3 Å². The zero-order chi connectivity index (χ0) is 12.4. The first-order valence-electron chi connectivity index (χ1n) is 6.04. The zero-order valence-electron chi connectivity index (χ0n) is 9.91. The second kappa shape index (κ2) is 4.24. The second-order valence-electron chi connectivity index (χ2n) is 4.59. The molecule has 18 heavy (non-hydrogen) atoms. The number of nitrogens with zero attached hydrogens (tertiary/aromatic N) is 3. The fourth-order valence-electron chi connectivity index (χ4n) is 2.42. The molecule has 90 valence electrons. The Hall–Kier alpha value is -2.19. The number of hydrogen-bond donors (Lipinski definition) is 0. The Balaban J connectivity index is 2.03. The van der Waals surface area contributed by atoms with Crippen LogP contribution in [0.15, 0.2) is 47.7 Å². The average Bonchev–Trinajstić information content (AvgIpc) is 2.88. The van der Waals surface area contributed by atoms with Gasteiger partial charge in [-0.25, -0.2) is 9.48 Å². The van der Waals surface area contributed by atoms with Crippen LogP contribution >= 0.6 is 0 Å². The number of benzene rings is 1. The summed E-state index contributed by atoms with van der Waals surface area (Å²) in [5, 5.41) is 4.21. The molecule has 4 heteroatoms. The third-order valence-electron chi connectivity index (χ3n) is 3.59. The van der Waals surface area contributed by atoms with Gasteiger partial charge in [0.15, 0.2) is 0 Å². The van der Waals surface area contributed by atoms with Crippen LogP contribution in [0, 0.1) is 0 Å². The van der Waals surface area contributed by atoms with Crippen molar-refractivity contribution in [1.29, 1.82) is 0 Å². The predicted octanol–water partition coefficient (Wildman–Crippen LogP) is 2.59. The molecule has 1 fully saturated rings. The highest BCUT2D eigenvalue weighted by Crippen LogP contribution is 2.44. The predicted molar refractivity (Wildman–Crippen MR) is 67.2 cm³/mol. The topological polar surface area (TPSA) is 47.2 Å².